The van der Waals surface area contributed by atoms with Crippen LogP contribution in [0.4, 0.5) is 0 Å². The van der Waals surface area contributed by atoms with E-state index in [0.29, 0.717) is 6.04 Å². The summed E-state index contributed by atoms with van der Waals surface area (Å²) in [4.78, 5) is 7.39. The van der Waals surface area contributed by atoms with Crippen LogP contribution in [0.25, 0.3) is 0 Å². The lowest BCUT2D eigenvalue weighted by atomic mass is 9.77. The van der Waals surface area contributed by atoms with Gasteiger partial charge in [0.15, 0.2) is 0 Å². The highest BCUT2D eigenvalue weighted by Gasteiger charge is 2.28. The maximum Gasteiger partial charge on any atom is 0.120 e. The van der Waals surface area contributed by atoms with Crippen molar-refractivity contribution in [3.05, 3.63) is 53.1 Å². The quantitative estimate of drug-likeness (QED) is 0.874. The third kappa shape index (κ3) is 2.99. The highest BCUT2D eigenvalue weighted by Crippen LogP contribution is 2.38. The van der Waals surface area contributed by atoms with Crippen LogP contribution in [0, 0.1) is 5.92 Å². The van der Waals surface area contributed by atoms with Crippen molar-refractivity contribution in [2.45, 2.75) is 31.8 Å². The van der Waals surface area contributed by atoms with E-state index in [1.54, 1.807) is 6.20 Å². The predicted octanol–water partition coefficient (Wildman–Crippen LogP) is 3.69. The molecule has 0 bridgehead atoms. The molecule has 1 fully saturated rings. The Balaban J connectivity index is 1.71. The average molecular weight is 276 g/mol. The molecule has 2 aromatic rings. The van der Waals surface area contributed by atoms with Crippen LogP contribution >= 0.6 is 11.6 Å². The summed E-state index contributed by atoms with van der Waals surface area (Å²) in [5.74, 6) is 1.72. The zero-order chi connectivity index (χ0) is 13.1. The lowest BCUT2D eigenvalue weighted by Crippen LogP contribution is -2.32. The monoisotopic (exact) mass is 275 g/mol. The summed E-state index contributed by atoms with van der Waals surface area (Å²) < 4.78 is 0. The van der Waals surface area contributed by atoms with Gasteiger partial charge in [-0.25, -0.2) is 4.98 Å². The number of benzene rings is 1. The van der Waals surface area contributed by atoms with Crippen molar-refractivity contribution in [1.29, 1.82) is 0 Å². The van der Waals surface area contributed by atoms with Crippen molar-refractivity contribution < 1.29 is 0 Å². The fourth-order valence-electron chi connectivity index (χ4n) is 2.60. The maximum absolute atomic E-state index is 5.97. The van der Waals surface area contributed by atoms with Crippen LogP contribution in [0.5, 0.6) is 0 Å². The van der Waals surface area contributed by atoms with Gasteiger partial charge in [0.25, 0.3) is 0 Å². The average Bonchev–Trinajstić information content (AvgIpc) is 2.86. The summed E-state index contributed by atoms with van der Waals surface area (Å²) in [6, 6.07) is 8.59. The number of nitrogens with zero attached hydrogens (tertiary/aromatic N) is 1. The summed E-state index contributed by atoms with van der Waals surface area (Å²) >= 11 is 5.97. The molecule has 19 heavy (non-hydrogen) atoms. The number of aromatic nitrogens is 2. The lowest BCUT2D eigenvalue weighted by Gasteiger charge is -2.34. The molecule has 0 saturated heterocycles. The topological polar surface area (TPSA) is 40.7 Å². The van der Waals surface area contributed by atoms with Crippen molar-refractivity contribution in [2.24, 2.45) is 5.92 Å². The van der Waals surface area contributed by atoms with Gasteiger partial charge in [-0.1, -0.05) is 30.2 Å². The number of aromatic amines is 1. The second kappa shape index (κ2) is 5.76. The molecule has 1 heterocycles. The number of hydrogen-bond donors (Lipinski definition) is 2. The van der Waals surface area contributed by atoms with Crippen LogP contribution in [0.3, 0.4) is 0 Å². The maximum atomic E-state index is 5.97. The Morgan fingerprint density at radius 2 is 2.11 bits per heavy atom. The van der Waals surface area contributed by atoms with Gasteiger partial charge >= 0.3 is 0 Å². The molecule has 1 aromatic heterocycles. The summed E-state index contributed by atoms with van der Waals surface area (Å²) in [5.41, 5.74) is 1.32. The molecule has 1 saturated carbocycles. The summed E-state index contributed by atoms with van der Waals surface area (Å²) in [6.45, 7) is 0.775. The number of halogens is 1. The van der Waals surface area contributed by atoms with E-state index >= 15 is 0 Å². The third-order valence-electron chi connectivity index (χ3n) is 3.89. The second-order valence-corrected chi connectivity index (χ2v) is 5.57. The van der Waals surface area contributed by atoms with Gasteiger partial charge in [0.05, 0.1) is 6.54 Å². The molecular formula is C15H18ClN3. The molecule has 1 aromatic carbocycles. The van der Waals surface area contributed by atoms with Crippen LogP contribution < -0.4 is 5.32 Å². The van der Waals surface area contributed by atoms with Crippen molar-refractivity contribution in [3.8, 4) is 0 Å². The fraction of sp³-hybridized carbons (Fsp3) is 0.400. The van der Waals surface area contributed by atoms with Crippen molar-refractivity contribution >= 4 is 11.6 Å². The minimum atomic E-state index is 0.399. The molecule has 100 valence electrons. The number of H-pyrrole nitrogens is 1. The minimum absolute atomic E-state index is 0.399. The van der Waals surface area contributed by atoms with E-state index < -0.39 is 0 Å². The molecule has 1 aliphatic carbocycles. The number of imidazole rings is 1. The molecule has 1 atom stereocenters. The summed E-state index contributed by atoms with van der Waals surface area (Å²) in [7, 11) is 0. The third-order valence-corrected chi connectivity index (χ3v) is 4.15. The first-order valence-electron chi connectivity index (χ1n) is 6.80. The van der Waals surface area contributed by atoms with Gasteiger partial charge in [-0.3, -0.25) is 0 Å². The molecular weight excluding hydrogens is 258 g/mol. The Labute approximate surface area is 118 Å². The lowest BCUT2D eigenvalue weighted by molar-refractivity contribution is 0.228. The number of rotatable bonds is 5. The van der Waals surface area contributed by atoms with Crippen molar-refractivity contribution in [3.63, 3.8) is 0 Å². The molecule has 0 spiro atoms. The van der Waals surface area contributed by atoms with Crippen LogP contribution in [-0.4, -0.2) is 9.97 Å². The van der Waals surface area contributed by atoms with Gasteiger partial charge in [-0.05, 0) is 36.5 Å². The Morgan fingerprint density at radius 1 is 1.32 bits per heavy atom. The van der Waals surface area contributed by atoms with Crippen molar-refractivity contribution in [1.82, 2.24) is 15.3 Å². The zero-order valence-corrected chi connectivity index (χ0v) is 11.5. The van der Waals surface area contributed by atoms with Gasteiger partial charge < -0.3 is 10.3 Å². The summed E-state index contributed by atoms with van der Waals surface area (Å²) in [5, 5.41) is 4.42. The Kier molecular flexibility index (Phi) is 3.85. The van der Waals surface area contributed by atoms with E-state index in [1.807, 2.05) is 18.3 Å². The SMILES string of the molecule is Clc1ccc(C(NCc2ncc[nH]2)C2CCC2)cc1. The number of hydrogen-bond acceptors (Lipinski definition) is 2. The molecule has 0 amide bonds. The van der Waals surface area contributed by atoms with Crippen LogP contribution in [-0.2, 0) is 6.54 Å². The second-order valence-electron chi connectivity index (χ2n) is 5.14. The molecule has 0 radical (unpaired) electrons. The first-order valence-corrected chi connectivity index (χ1v) is 7.18. The Hall–Kier alpha value is -1.32. The molecule has 3 rings (SSSR count). The Morgan fingerprint density at radius 3 is 2.68 bits per heavy atom. The minimum Gasteiger partial charge on any atom is -0.348 e. The zero-order valence-electron chi connectivity index (χ0n) is 10.8. The highest BCUT2D eigenvalue weighted by molar-refractivity contribution is 6.30. The molecule has 3 nitrogen and oxygen atoms in total. The van der Waals surface area contributed by atoms with E-state index in [9.17, 15) is 0 Å². The van der Waals surface area contributed by atoms with Crippen LogP contribution in [0.15, 0.2) is 36.7 Å². The van der Waals surface area contributed by atoms with E-state index in [4.69, 9.17) is 11.6 Å². The largest absolute Gasteiger partial charge is 0.348 e. The van der Waals surface area contributed by atoms with Gasteiger partial charge in [-0.2, -0.15) is 0 Å². The van der Waals surface area contributed by atoms with Gasteiger partial charge in [-0.15, -0.1) is 0 Å². The van der Waals surface area contributed by atoms with Crippen LogP contribution in [0.2, 0.25) is 5.02 Å². The Bertz CT molecular complexity index is 503. The highest BCUT2D eigenvalue weighted by atomic mass is 35.5. The first-order chi connectivity index (χ1) is 9.33. The predicted molar refractivity (Wildman–Crippen MR) is 77.0 cm³/mol. The van der Waals surface area contributed by atoms with Crippen molar-refractivity contribution in [2.75, 3.05) is 0 Å². The molecule has 2 N–H and O–H groups in total. The molecule has 1 unspecified atom stereocenters. The molecule has 0 aliphatic heterocycles. The van der Waals surface area contributed by atoms with E-state index in [2.05, 4.69) is 27.4 Å². The fourth-order valence-corrected chi connectivity index (χ4v) is 2.73. The standard InChI is InChI=1S/C15H18ClN3/c16-13-6-4-12(5-7-13)15(11-2-1-3-11)19-10-14-17-8-9-18-14/h4-9,11,15,19H,1-3,10H2,(H,17,18). The van der Waals surface area contributed by atoms with Gasteiger partial charge in [0, 0.05) is 23.5 Å². The number of nitrogens with one attached hydrogen (secondary N) is 2. The summed E-state index contributed by atoms with van der Waals surface area (Å²) in [6.07, 6.45) is 7.60. The molecule has 4 heteroatoms. The molecule has 1 aliphatic rings. The van der Waals surface area contributed by atoms with E-state index in [1.165, 1.54) is 24.8 Å². The van der Waals surface area contributed by atoms with E-state index in [-0.39, 0.29) is 0 Å². The van der Waals surface area contributed by atoms with Crippen LogP contribution in [0.1, 0.15) is 36.7 Å². The normalized spacial score (nSPS) is 17.1. The van der Waals surface area contributed by atoms with E-state index in [0.717, 1.165) is 23.3 Å². The first kappa shape index (κ1) is 12.7. The van der Waals surface area contributed by atoms with Gasteiger partial charge in [0.2, 0.25) is 0 Å². The van der Waals surface area contributed by atoms with Gasteiger partial charge in [0.1, 0.15) is 5.82 Å². The smallest absolute Gasteiger partial charge is 0.120 e.